The molecule has 0 bridgehead atoms. The first-order valence-corrected chi connectivity index (χ1v) is 6.15. The highest BCUT2D eigenvalue weighted by molar-refractivity contribution is 5.69. The highest BCUT2D eigenvalue weighted by Gasteiger charge is 2.32. The van der Waals surface area contributed by atoms with Crippen LogP contribution in [0.4, 0.5) is 17.6 Å². The summed E-state index contributed by atoms with van der Waals surface area (Å²) in [5, 5.41) is 0. The minimum absolute atomic E-state index is 0.0977. The van der Waals surface area contributed by atoms with E-state index in [1.54, 1.807) is 13.0 Å². The van der Waals surface area contributed by atoms with Gasteiger partial charge in [-0.05, 0) is 47.9 Å². The molecule has 0 aliphatic rings. The molecule has 0 atom stereocenters. The van der Waals surface area contributed by atoms with Crippen LogP contribution in [0.3, 0.4) is 0 Å². The van der Waals surface area contributed by atoms with E-state index in [4.69, 9.17) is 5.73 Å². The molecule has 0 aliphatic heterocycles. The van der Waals surface area contributed by atoms with Gasteiger partial charge in [0.25, 0.3) is 0 Å². The standard InChI is InChI=1S/C15H13F4NO/c1-9-6-12(16)3-4-13(9)10-2-5-14(11(7-10)8-20)21-15(17,18)19/h2-7H,8,20H2,1H3. The zero-order valence-electron chi connectivity index (χ0n) is 11.2. The van der Waals surface area contributed by atoms with Gasteiger partial charge in [-0.25, -0.2) is 4.39 Å². The zero-order valence-corrected chi connectivity index (χ0v) is 11.2. The Bertz CT molecular complexity index is 653. The summed E-state index contributed by atoms with van der Waals surface area (Å²) in [7, 11) is 0. The van der Waals surface area contributed by atoms with Crippen LogP contribution in [0.15, 0.2) is 36.4 Å². The second kappa shape index (κ2) is 5.73. The van der Waals surface area contributed by atoms with Crippen molar-refractivity contribution < 1.29 is 22.3 Å². The van der Waals surface area contributed by atoms with Crippen molar-refractivity contribution in [1.29, 1.82) is 0 Å². The molecule has 0 heterocycles. The van der Waals surface area contributed by atoms with Crippen molar-refractivity contribution in [2.24, 2.45) is 5.73 Å². The minimum atomic E-state index is -4.77. The maximum atomic E-state index is 13.1. The first-order chi connectivity index (χ1) is 9.80. The molecule has 0 fully saturated rings. The Kier molecular flexibility index (Phi) is 4.18. The Morgan fingerprint density at radius 1 is 1.10 bits per heavy atom. The quantitative estimate of drug-likeness (QED) is 0.864. The molecule has 0 saturated carbocycles. The molecule has 21 heavy (non-hydrogen) atoms. The number of aryl methyl sites for hydroxylation is 1. The summed E-state index contributed by atoms with van der Waals surface area (Å²) in [4.78, 5) is 0. The smallest absolute Gasteiger partial charge is 0.405 e. The molecule has 2 nitrogen and oxygen atoms in total. The van der Waals surface area contributed by atoms with Crippen LogP contribution < -0.4 is 10.5 Å². The van der Waals surface area contributed by atoms with E-state index in [1.807, 2.05) is 0 Å². The summed E-state index contributed by atoms with van der Waals surface area (Å²) >= 11 is 0. The Morgan fingerprint density at radius 2 is 1.81 bits per heavy atom. The van der Waals surface area contributed by atoms with Crippen molar-refractivity contribution in [3.63, 3.8) is 0 Å². The summed E-state index contributed by atoms with van der Waals surface area (Å²) in [5.41, 5.74) is 7.77. The molecule has 0 radical (unpaired) electrons. The number of hydrogen-bond donors (Lipinski definition) is 1. The highest BCUT2D eigenvalue weighted by atomic mass is 19.4. The van der Waals surface area contributed by atoms with E-state index in [2.05, 4.69) is 4.74 Å². The molecule has 112 valence electrons. The first-order valence-electron chi connectivity index (χ1n) is 6.15. The molecule has 2 aromatic rings. The molecule has 0 unspecified atom stereocenters. The van der Waals surface area contributed by atoms with E-state index >= 15 is 0 Å². The first kappa shape index (κ1) is 15.3. The number of ether oxygens (including phenoxy) is 1. The van der Waals surface area contributed by atoms with E-state index in [-0.39, 0.29) is 23.7 Å². The number of alkyl halides is 3. The number of halogens is 4. The van der Waals surface area contributed by atoms with E-state index < -0.39 is 6.36 Å². The fourth-order valence-corrected chi connectivity index (χ4v) is 2.08. The van der Waals surface area contributed by atoms with Crippen molar-refractivity contribution in [2.75, 3.05) is 0 Å². The Hall–Kier alpha value is -2.08. The Labute approximate surface area is 119 Å². The number of benzene rings is 2. The number of nitrogens with two attached hydrogens (primary N) is 1. The van der Waals surface area contributed by atoms with Crippen LogP contribution in [0.25, 0.3) is 11.1 Å². The highest BCUT2D eigenvalue weighted by Crippen LogP contribution is 2.31. The summed E-state index contributed by atoms with van der Waals surface area (Å²) in [6.07, 6.45) is -4.77. The number of hydrogen-bond acceptors (Lipinski definition) is 2. The van der Waals surface area contributed by atoms with Crippen LogP contribution in [0, 0.1) is 12.7 Å². The van der Waals surface area contributed by atoms with E-state index in [0.29, 0.717) is 11.1 Å². The SMILES string of the molecule is Cc1cc(F)ccc1-c1ccc(OC(F)(F)F)c(CN)c1. The van der Waals surface area contributed by atoms with Gasteiger partial charge >= 0.3 is 6.36 Å². The van der Waals surface area contributed by atoms with E-state index in [9.17, 15) is 17.6 Å². The fraction of sp³-hybridized carbons (Fsp3) is 0.200. The third-order valence-electron chi connectivity index (χ3n) is 3.01. The summed E-state index contributed by atoms with van der Waals surface area (Å²) in [5.74, 6) is -0.694. The van der Waals surface area contributed by atoms with Gasteiger partial charge < -0.3 is 10.5 Å². The molecule has 2 N–H and O–H groups in total. The van der Waals surface area contributed by atoms with Crippen LogP contribution in [0.5, 0.6) is 5.75 Å². The monoisotopic (exact) mass is 299 g/mol. The van der Waals surface area contributed by atoms with Gasteiger partial charge in [-0.2, -0.15) is 0 Å². The lowest BCUT2D eigenvalue weighted by molar-refractivity contribution is -0.274. The molecule has 0 amide bonds. The topological polar surface area (TPSA) is 35.2 Å². The summed E-state index contributed by atoms with van der Waals surface area (Å²) < 4.78 is 53.9. The zero-order chi connectivity index (χ0) is 15.6. The van der Waals surface area contributed by atoms with Gasteiger partial charge in [-0.1, -0.05) is 12.1 Å². The second-order valence-electron chi connectivity index (χ2n) is 4.53. The molecule has 0 aliphatic carbocycles. The molecule has 2 aromatic carbocycles. The number of rotatable bonds is 3. The summed E-state index contributed by atoms with van der Waals surface area (Å²) in [6.45, 7) is 1.63. The summed E-state index contributed by atoms with van der Waals surface area (Å²) in [6, 6.07) is 8.45. The molecule has 0 aromatic heterocycles. The van der Waals surface area contributed by atoms with Crippen LogP contribution in [0.1, 0.15) is 11.1 Å². The maximum Gasteiger partial charge on any atom is 0.573 e. The average molecular weight is 299 g/mol. The molecule has 0 saturated heterocycles. The van der Waals surface area contributed by atoms with Crippen molar-refractivity contribution in [2.45, 2.75) is 19.8 Å². The van der Waals surface area contributed by atoms with Gasteiger partial charge in [0.2, 0.25) is 0 Å². The van der Waals surface area contributed by atoms with Crippen molar-refractivity contribution in [3.05, 3.63) is 53.3 Å². The van der Waals surface area contributed by atoms with Gasteiger partial charge in [0.05, 0.1) is 0 Å². The molecular weight excluding hydrogens is 286 g/mol. The molecule has 0 spiro atoms. The largest absolute Gasteiger partial charge is 0.573 e. The fourth-order valence-electron chi connectivity index (χ4n) is 2.08. The van der Waals surface area contributed by atoms with Crippen molar-refractivity contribution >= 4 is 0 Å². The normalized spacial score (nSPS) is 11.5. The lowest BCUT2D eigenvalue weighted by atomic mass is 9.98. The van der Waals surface area contributed by atoms with Crippen LogP contribution in [0.2, 0.25) is 0 Å². The van der Waals surface area contributed by atoms with E-state index in [0.717, 1.165) is 5.56 Å². The predicted octanol–water partition coefficient (Wildman–Crippen LogP) is 4.16. The predicted molar refractivity (Wildman–Crippen MR) is 71.1 cm³/mol. The van der Waals surface area contributed by atoms with Crippen LogP contribution >= 0.6 is 0 Å². The lowest BCUT2D eigenvalue weighted by Gasteiger charge is -2.14. The third-order valence-corrected chi connectivity index (χ3v) is 3.01. The van der Waals surface area contributed by atoms with Gasteiger partial charge in [0.15, 0.2) is 0 Å². The van der Waals surface area contributed by atoms with Gasteiger partial charge in [0.1, 0.15) is 11.6 Å². The molecule has 6 heteroatoms. The second-order valence-corrected chi connectivity index (χ2v) is 4.53. The van der Waals surface area contributed by atoms with Gasteiger partial charge in [-0.3, -0.25) is 0 Å². The Balaban J connectivity index is 2.43. The average Bonchev–Trinajstić information content (AvgIpc) is 2.38. The van der Waals surface area contributed by atoms with Crippen molar-refractivity contribution in [3.8, 4) is 16.9 Å². The van der Waals surface area contributed by atoms with Gasteiger partial charge in [-0.15, -0.1) is 13.2 Å². The van der Waals surface area contributed by atoms with Crippen molar-refractivity contribution in [1.82, 2.24) is 0 Å². The van der Waals surface area contributed by atoms with Gasteiger partial charge in [0, 0.05) is 12.1 Å². The molecule has 2 rings (SSSR count). The van der Waals surface area contributed by atoms with Crippen LogP contribution in [-0.4, -0.2) is 6.36 Å². The van der Waals surface area contributed by atoms with Crippen LogP contribution in [-0.2, 0) is 6.54 Å². The maximum absolute atomic E-state index is 13.1. The lowest BCUT2D eigenvalue weighted by Crippen LogP contribution is -2.18. The Morgan fingerprint density at radius 3 is 2.38 bits per heavy atom. The van der Waals surface area contributed by atoms with E-state index in [1.165, 1.54) is 30.3 Å². The minimum Gasteiger partial charge on any atom is -0.405 e. The molecular formula is C15H13F4NO. The third kappa shape index (κ3) is 3.72.